The van der Waals surface area contributed by atoms with Gasteiger partial charge in [0.1, 0.15) is 23.6 Å². The Morgan fingerprint density at radius 2 is 1.14 bits per heavy atom. The minimum Gasteiger partial charge on any atom is -0.508 e. The molecule has 0 aromatic heterocycles. The quantitative estimate of drug-likeness (QED) is 0.0160. The topological polar surface area (TPSA) is 476 Å². The number of carbonyl (C=O) groups is 11. The minimum absolute atomic E-state index is 0.0176. The molecule has 17 N–H and O–H groups in total. The van der Waals surface area contributed by atoms with Gasteiger partial charge in [-0.3, -0.25) is 52.9 Å². The van der Waals surface area contributed by atoms with Crippen LogP contribution in [0.15, 0.2) is 71.7 Å². The van der Waals surface area contributed by atoms with E-state index in [0.29, 0.717) is 97.0 Å². The Labute approximate surface area is 692 Å². The number of nitrogens with zero attached hydrogens (tertiary/aromatic N) is 1. The van der Waals surface area contributed by atoms with Crippen molar-refractivity contribution in [3.63, 3.8) is 0 Å². The number of unbranched alkanes of at least 4 members (excludes halogenated alkanes) is 4. The number of hydrogen-bond donors (Lipinski definition) is 13. The summed E-state index contributed by atoms with van der Waals surface area (Å²) < 4.78 is 33.6. The van der Waals surface area contributed by atoms with Crippen LogP contribution < -0.4 is 65.5 Å². The van der Waals surface area contributed by atoms with Crippen molar-refractivity contribution in [1.82, 2.24) is 42.5 Å². The van der Waals surface area contributed by atoms with E-state index < -0.39 is 114 Å². The van der Waals surface area contributed by atoms with Crippen molar-refractivity contribution in [2.45, 2.75) is 199 Å². The molecule has 1 saturated heterocycles. The zero-order chi connectivity index (χ0) is 84.7. The highest BCUT2D eigenvalue weighted by atomic mass is 33.1. The fourth-order valence-electron chi connectivity index (χ4n) is 12.8. The van der Waals surface area contributed by atoms with E-state index in [2.05, 4.69) is 61.4 Å². The summed E-state index contributed by atoms with van der Waals surface area (Å²) in [5.41, 5.74) is 23.6. The van der Waals surface area contributed by atoms with Crippen LogP contribution in [0.25, 0.3) is 10.8 Å². The molecule has 33 heteroatoms. The molecule has 1 aliphatic heterocycles. The Morgan fingerprint density at radius 1 is 0.569 bits per heavy atom. The zero-order valence-corrected chi connectivity index (χ0v) is 70.5. The largest absolute Gasteiger partial charge is 0.508 e. The molecule has 4 rings (SSSR count). The van der Waals surface area contributed by atoms with Crippen LogP contribution in [0, 0.1) is 23.7 Å². The van der Waals surface area contributed by atoms with Gasteiger partial charge in [-0.15, -0.1) is 0 Å². The Morgan fingerprint density at radius 3 is 1.76 bits per heavy atom. The van der Waals surface area contributed by atoms with Gasteiger partial charge in [-0.1, -0.05) is 123 Å². The fraction of sp³-hybridized carbons (Fsp3) is 0.663. The van der Waals surface area contributed by atoms with E-state index in [4.69, 9.17) is 51.4 Å². The second kappa shape index (κ2) is 60.7. The maximum Gasteiger partial charge on any atom is 0.242 e. The van der Waals surface area contributed by atoms with Gasteiger partial charge in [-0.2, -0.15) is 0 Å². The number of aliphatic imine (C=N–C) groups is 1. The number of primary amides is 1. The molecule has 1 heterocycles. The van der Waals surface area contributed by atoms with Crippen molar-refractivity contribution in [1.29, 1.82) is 0 Å². The Balaban J connectivity index is 1.49. The van der Waals surface area contributed by atoms with Crippen LogP contribution in [-0.2, 0) is 94.0 Å². The van der Waals surface area contributed by atoms with Gasteiger partial charge in [0.2, 0.25) is 41.4 Å². The first kappa shape index (κ1) is 101. The number of nitrogens with one attached hydrogen (secondary N) is 8. The van der Waals surface area contributed by atoms with E-state index in [0.717, 1.165) is 42.1 Å². The second-order valence-electron chi connectivity index (χ2n) is 29.9. The molecule has 0 spiro atoms. The number of benzene rings is 3. The van der Waals surface area contributed by atoms with Crippen molar-refractivity contribution in [2.24, 2.45) is 51.6 Å². The van der Waals surface area contributed by atoms with Crippen molar-refractivity contribution in [2.75, 3.05) is 130 Å². The summed E-state index contributed by atoms with van der Waals surface area (Å²) in [6, 6.07) is 15.9. The number of hydrogen-bond acceptors (Lipinski definition) is 24. The minimum atomic E-state index is -1.21. The number of ketones is 4. The van der Waals surface area contributed by atoms with Gasteiger partial charge in [0.05, 0.1) is 104 Å². The molecule has 0 aliphatic carbocycles. The van der Waals surface area contributed by atoms with Crippen LogP contribution in [0.3, 0.4) is 0 Å². The number of guanidine groups is 1. The third-order valence-corrected chi connectivity index (χ3v) is 21.7. The van der Waals surface area contributed by atoms with E-state index in [9.17, 15) is 53.1 Å². The average Bonchev–Trinajstić information content (AvgIpc) is 0.809. The summed E-state index contributed by atoms with van der Waals surface area (Å²) in [5.74, 6) is -9.43. The third-order valence-electron chi connectivity index (χ3n) is 19.2. The molecule has 3 aromatic carbocycles. The zero-order valence-electron chi connectivity index (χ0n) is 68.9. The highest BCUT2D eigenvalue weighted by Crippen LogP contribution is 2.30. The van der Waals surface area contributed by atoms with E-state index in [1.54, 1.807) is 12.1 Å². The van der Waals surface area contributed by atoms with Gasteiger partial charge in [-0.25, -0.2) is 0 Å². The first-order chi connectivity index (χ1) is 55.8. The van der Waals surface area contributed by atoms with Gasteiger partial charge < -0.3 is 104 Å². The van der Waals surface area contributed by atoms with E-state index in [1.165, 1.54) is 40.6 Å². The monoisotopic (exact) mass is 1660 g/mol. The number of phenols is 1. The lowest BCUT2D eigenvalue weighted by molar-refractivity contribution is -0.135. The van der Waals surface area contributed by atoms with Gasteiger partial charge in [0.15, 0.2) is 23.3 Å². The average molecular weight is 1670 g/mol. The number of aromatic hydroxyl groups is 1. The van der Waals surface area contributed by atoms with Crippen LogP contribution in [0.2, 0.25) is 0 Å². The van der Waals surface area contributed by atoms with E-state index in [-0.39, 0.29) is 164 Å². The molecule has 1 aliphatic rings. The normalized spacial score (nSPS) is 18.5. The summed E-state index contributed by atoms with van der Waals surface area (Å²) in [6.07, 6.45) is 4.90. The molecule has 1 fully saturated rings. The second-order valence-corrected chi connectivity index (χ2v) is 32.5. The van der Waals surface area contributed by atoms with Gasteiger partial charge in [-0.05, 0) is 138 Å². The van der Waals surface area contributed by atoms with Crippen molar-refractivity contribution < 1.29 is 86.3 Å². The highest BCUT2D eigenvalue weighted by molar-refractivity contribution is 8.76. The van der Waals surface area contributed by atoms with Gasteiger partial charge >= 0.3 is 0 Å². The SMILES string of the molecule is CC(=O)CC1CCSSCC(C(=O)NC(CCCCCNC(C)C)C(=O)NCCOCCOCCOCCOCCOCCOCCC(=O)NC(CCCCN)C(N)=O)CC(=O)CNC(=O)C(Cc2ccc3ccccc3c2)CC(=O)[C@@H](CCCN=C(N)N)NC(=O)C(CCCCNC(C)C)CC(=O)C(Cc2ccc(O)cc2)NC1=O. The number of rotatable bonds is 53. The number of carbonyl (C=O) groups excluding carboxylic acids is 11. The summed E-state index contributed by atoms with van der Waals surface area (Å²) >= 11 is 0. The smallest absolute Gasteiger partial charge is 0.242 e. The molecule has 7 unspecified atom stereocenters. The van der Waals surface area contributed by atoms with Crippen LogP contribution in [0.4, 0.5) is 0 Å². The highest BCUT2D eigenvalue weighted by Gasteiger charge is 2.35. The summed E-state index contributed by atoms with van der Waals surface area (Å²) in [5, 5.41) is 36.0. The predicted molar refractivity (Wildman–Crippen MR) is 451 cm³/mol. The summed E-state index contributed by atoms with van der Waals surface area (Å²) in [4.78, 5) is 159. The van der Waals surface area contributed by atoms with E-state index >= 15 is 4.79 Å². The molecule has 650 valence electrons. The molecule has 0 saturated carbocycles. The first-order valence-electron chi connectivity index (χ1n) is 41.1. The van der Waals surface area contributed by atoms with Crippen LogP contribution in [-0.4, -0.2) is 242 Å². The predicted octanol–water partition coefficient (Wildman–Crippen LogP) is 4.49. The number of phenolic OH excluding ortho intramolecular Hbond substituents is 1. The molecule has 0 radical (unpaired) electrons. The molecule has 31 nitrogen and oxygen atoms in total. The molecule has 3 aromatic rings. The van der Waals surface area contributed by atoms with Crippen molar-refractivity contribution in [3.05, 3.63) is 77.9 Å². The Bertz CT molecular complexity index is 3450. The number of amides is 7. The standard InChI is InChI=1S/C83H133N13O18S2/c1-57(2)88-31-13-6-7-20-72(82(108)90-34-36-110-38-40-112-42-44-114-46-45-113-43-41-111-39-37-109-35-28-76(102)93-71(77(85)103)19-10-12-30-84)95-81(107)67-52-69(99)55-92-78(104)66(50-61-22-25-62-16-8-9-17-63(62)49-61)54-74(100)70(21-15-33-91-83(86)87)94-79(105)64(18-11-14-32-89-58(3)4)53-75(101)73(51-60-23-26-68(98)27-24-60)96-80(106)65(48-59(5)97)29-47-115-116-56-67/h8-9,16-17,22-27,49,57-58,64-67,70-73,88-89,98H,6-7,10-15,18-21,28-48,50-56,84H2,1-5H3,(H2,85,103)(H,90,108)(H,92,104)(H,93,102)(H,94,105)(H,95,107)(H,96,106)(H4,86,87,91)/t64?,65?,66?,67?,70-,71?,72?,73?/m1/s1. The molecular weight excluding hydrogens is 1530 g/mol. The van der Waals surface area contributed by atoms with Crippen LogP contribution >= 0.6 is 21.6 Å². The lowest BCUT2D eigenvalue weighted by Crippen LogP contribution is -2.50. The molecule has 7 amide bonds. The lowest BCUT2D eigenvalue weighted by atomic mass is 9.88. The van der Waals surface area contributed by atoms with Crippen molar-refractivity contribution >= 4 is 103 Å². The third kappa shape index (κ3) is 45.9. The Hall–Kier alpha value is -7.70. The molecule has 116 heavy (non-hydrogen) atoms. The number of nitrogens with two attached hydrogens (primary N) is 4. The van der Waals surface area contributed by atoms with Crippen molar-refractivity contribution in [3.8, 4) is 5.75 Å². The number of Topliss-reactive ketones (excluding diaryl/α,β-unsaturated/α-hetero) is 4. The number of fused-ring (bicyclic) bond motifs is 1. The summed E-state index contributed by atoms with van der Waals surface area (Å²) in [7, 11) is 2.57. The maximum absolute atomic E-state index is 15.1. The lowest BCUT2D eigenvalue weighted by Gasteiger charge is -2.26. The van der Waals surface area contributed by atoms with Gasteiger partial charge in [0.25, 0.3) is 0 Å². The van der Waals surface area contributed by atoms with Gasteiger partial charge in [0, 0.05) is 86.5 Å². The van der Waals surface area contributed by atoms with E-state index in [1.807, 2.05) is 56.3 Å². The first-order valence-corrected chi connectivity index (χ1v) is 43.6. The summed E-state index contributed by atoms with van der Waals surface area (Å²) in [6.45, 7) is 14.4. The van der Waals surface area contributed by atoms with Crippen LogP contribution in [0.1, 0.15) is 161 Å². The molecule has 0 bridgehead atoms. The fourth-order valence-corrected chi connectivity index (χ4v) is 15.2. The maximum atomic E-state index is 15.1. The molecular formula is C83H133N13O18S2. The number of ether oxygens (including phenoxy) is 6. The molecule has 8 atom stereocenters. The van der Waals surface area contributed by atoms with Crippen LogP contribution in [0.5, 0.6) is 5.75 Å². The Kier molecular flexibility index (Phi) is 52.7.